The molecule has 9 nitrogen and oxygen atoms in total. The minimum absolute atomic E-state index is 0.343. The minimum atomic E-state index is 0.343. The van der Waals surface area contributed by atoms with Gasteiger partial charge in [0.15, 0.2) is 5.11 Å². The topological polar surface area (TPSA) is 78.0 Å². The normalized spacial score (nSPS) is 19.5. The molecule has 4 heterocycles. The number of anilines is 2. The number of aryl methyl sites for hydroxylation is 1. The van der Waals surface area contributed by atoms with Gasteiger partial charge in [0.2, 0.25) is 0 Å². The average molecular weight is 604 g/mol. The number of likely N-dealkylation sites (N-methyl/N-ethyl adjacent to an activating group) is 1. The summed E-state index contributed by atoms with van der Waals surface area (Å²) in [5, 5.41) is 10.0. The molecule has 2 N–H and O–H groups in total. The summed E-state index contributed by atoms with van der Waals surface area (Å²) >= 11 is 5.50. The van der Waals surface area contributed by atoms with Crippen molar-refractivity contribution in [3.63, 3.8) is 0 Å². The molecular weight excluding hydrogens is 558 g/mol. The number of ether oxygens (including phenoxy) is 2. The van der Waals surface area contributed by atoms with Crippen molar-refractivity contribution in [1.29, 1.82) is 0 Å². The minimum Gasteiger partial charge on any atom is -0.462 e. The molecule has 2 fully saturated rings. The Kier molecular flexibility index (Phi) is 9.45. The van der Waals surface area contributed by atoms with E-state index in [0.29, 0.717) is 43.0 Å². The van der Waals surface area contributed by atoms with Gasteiger partial charge in [0.25, 0.3) is 0 Å². The van der Waals surface area contributed by atoms with Gasteiger partial charge in [0.1, 0.15) is 12.4 Å². The Morgan fingerprint density at radius 1 is 1.02 bits per heavy atom. The number of nitrogens with zero attached hydrogens (tertiary/aromatic N) is 5. The van der Waals surface area contributed by atoms with Crippen molar-refractivity contribution in [2.24, 2.45) is 0 Å². The standard InChI is InChI=1S/C33H45N7O2S/c1-23-7-4-8-24-9-5-11-29(30(23)24)40-19-14-27-28(21-40)36-32(42-22-26-10-6-16-38(26)2)37-31(27)39-17-12-25(13-18-39)35-33(43)34-15-20-41-3/h4-5,7-9,11,25-26H,6,10,12-22H2,1-3H3,(H2,34,35,43). The lowest BCUT2D eigenvalue weighted by Gasteiger charge is -2.37. The SMILES string of the molecule is COCCNC(=S)NC1CCN(c2nc(OCC3CCCN3C)nc3c2CCN(c2cccc4cccc(C)c24)C3)CC1. The van der Waals surface area contributed by atoms with E-state index >= 15 is 0 Å². The third kappa shape index (κ3) is 6.81. The first-order valence-corrected chi connectivity index (χ1v) is 16.2. The van der Waals surface area contributed by atoms with E-state index in [2.05, 4.69) is 75.7 Å². The fourth-order valence-electron chi connectivity index (χ4n) is 6.79. The van der Waals surface area contributed by atoms with Crippen molar-refractivity contribution in [2.45, 2.75) is 57.7 Å². The van der Waals surface area contributed by atoms with Crippen LogP contribution >= 0.6 is 12.2 Å². The fraction of sp³-hybridized carbons (Fsp3) is 0.545. The number of rotatable bonds is 9. The van der Waals surface area contributed by atoms with Gasteiger partial charge in [-0.2, -0.15) is 9.97 Å². The lowest BCUT2D eigenvalue weighted by Crippen LogP contribution is -2.48. The van der Waals surface area contributed by atoms with Crippen LogP contribution in [0.15, 0.2) is 36.4 Å². The summed E-state index contributed by atoms with van der Waals surface area (Å²) in [6, 6.07) is 14.4. The van der Waals surface area contributed by atoms with Crippen LogP contribution in [0.25, 0.3) is 10.8 Å². The van der Waals surface area contributed by atoms with Gasteiger partial charge in [0, 0.05) is 62.0 Å². The van der Waals surface area contributed by atoms with Crippen LogP contribution in [0.1, 0.15) is 42.5 Å². The highest BCUT2D eigenvalue weighted by atomic mass is 32.1. The summed E-state index contributed by atoms with van der Waals surface area (Å²) in [5.41, 5.74) is 4.93. The molecule has 3 aliphatic heterocycles. The van der Waals surface area contributed by atoms with E-state index in [1.807, 2.05) is 0 Å². The number of hydrogen-bond donors (Lipinski definition) is 2. The number of nitrogens with one attached hydrogen (secondary N) is 2. The molecule has 6 rings (SSSR count). The van der Waals surface area contributed by atoms with E-state index in [1.165, 1.54) is 34.0 Å². The average Bonchev–Trinajstić information content (AvgIpc) is 3.44. The largest absolute Gasteiger partial charge is 0.462 e. The number of aromatic nitrogens is 2. The molecule has 0 amide bonds. The molecule has 43 heavy (non-hydrogen) atoms. The molecule has 230 valence electrons. The second kappa shape index (κ2) is 13.6. The smallest absolute Gasteiger partial charge is 0.318 e. The van der Waals surface area contributed by atoms with Crippen molar-refractivity contribution < 1.29 is 9.47 Å². The first-order chi connectivity index (χ1) is 21.0. The molecule has 10 heteroatoms. The predicted octanol–water partition coefficient (Wildman–Crippen LogP) is 4.05. The van der Waals surface area contributed by atoms with Crippen molar-refractivity contribution in [2.75, 3.05) is 69.9 Å². The number of hydrogen-bond acceptors (Lipinski definition) is 8. The van der Waals surface area contributed by atoms with E-state index in [4.69, 9.17) is 31.7 Å². The zero-order chi connectivity index (χ0) is 29.8. The van der Waals surface area contributed by atoms with E-state index < -0.39 is 0 Å². The Balaban J connectivity index is 1.22. The van der Waals surface area contributed by atoms with Crippen molar-refractivity contribution >= 4 is 39.6 Å². The fourth-order valence-corrected chi connectivity index (χ4v) is 7.06. The molecule has 0 spiro atoms. The van der Waals surface area contributed by atoms with Gasteiger partial charge in [0.05, 0.1) is 18.8 Å². The summed E-state index contributed by atoms with van der Waals surface area (Å²) < 4.78 is 11.5. The quantitative estimate of drug-likeness (QED) is 0.276. The van der Waals surface area contributed by atoms with Crippen LogP contribution in [-0.4, -0.2) is 92.2 Å². The van der Waals surface area contributed by atoms with Crippen molar-refractivity contribution in [3.05, 3.63) is 53.2 Å². The zero-order valence-electron chi connectivity index (χ0n) is 25.8. The van der Waals surface area contributed by atoms with Crippen LogP contribution in [0, 0.1) is 6.92 Å². The van der Waals surface area contributed by atoms with Crippen LogP contribution < -0.4 is 25.2 Å². The van der Waals surface area contributed by atoms with E-state index in [1.54, 1.807) is 7.11 Å². The van der Waals surface area contributed by atoms with Gasteiger partial charge >= 0.3 is 6.01 Å². The Labute approximate surface area is 260 Å². The lowest BCUT2D eigenvalue weighted by atomic mass is 9.99. The second-order valence-corrected chi connectivity index (χ2v) is 12.5. The maximum atomic E-state index is 6.35. The molecular formula is C33H45N7O2S. The van der Waals surface area contributed by atoms with Gasteiger partial charge < -0.3 is 34.8 Å². The maximum absolute atomic E-state index is 6.35. The number of piperidine rings is 1. The molecule has 3 aromatic rings. The summed E-state index contributed by atoms with van der Waals surface area (Å²) in [5.74, 6) is 1.05. The van der Waals surface area contributed by atoms with Gasteiger partial charge in [-0.3, -0.25) is 0 Å². The Morgan fingerprint density at radius 2 is 1.84 bits per heavy atom. The molecule has 3 aliphatic rings. The molecule has 1 aromatic heterocycles. The molecule has 0 bridgehead atoms. The summed E-state index contributed by atoms with van der Waals surface area (Å²) in [7, 11) is 3.88. The molecule has 2 aromatic carbocycles. The van der Waals surface area contributed by atoms with Gasteiger partial charge in [-0.15, -0.1) is 0 Å². The number of benzene rings is 2. The summed E-state index contributed by atoms with van der Waals surface area (Å²) in [6.45, 7) is 8.81. The van der Waals surface area contributed by atoms with Crippen LogP contribution in [0.4, 0.5) is 11.5 Å². The highest BCUT2D eigenvalue weighted by molar-refractivity contribution is 7.80. The number of likely N-dealkylation sites (tertiary alicyclic amines) is 1. The van der Waals surface area contributed by atoms with Crippen LogP contribution in [0.2, 0.25) is 0 Å². The van der Waals surface area contributed by atoms with E-state index in [0.717, 1.165) is 69.9 Å². The predicted molar refractivity (Wildman–Crippen MR) is 177 cm³/mol. The highest BCUT2D eigenvalue weighted by Crippen LogP contribution is 2.36. The Hall–Kier alpha value is -3.21. The van der Waals surface area contributed by atoms with Gasteiger partial charge in [-0.25, -0.2) is 0 Å². The monoisotopic (exact) mass is 603 g/mol. The Morgan fingerprint density at radius 3 is 2.60 bits per heavy atom. The van der Waals surface area contributed by atoms with Crippen LogP contribution in [0.5, 0.6) is 6.01 Å². The van der Waals surface area contributed by atoms with Gasteiger partial charge in [-0.1, -0.05) is 30.3 Å². The second-order valence-electron chi connectivity index (χ2n) is 12.1. The maximum Gasteiger partial charge on any atom is 0.318 e. The van der Waals surface area contributed by atoms with Crippen LogP contribution in [-0.2, 0) is 17.7 Å². The first kappa shape index (κ1) is 29.8. The molecule has 1 atom stereocenters. The van der Waals surface area contributed by atoms with Gasteiger partial charge in [-0.05, 0) is 81.9 Å². The summed E-state index contributed by atoms with van der Waals surface area (Å²) in [6.07, 6.45) is 5.27. The van der Waals surface area contributed by atoms with E-state index in [9.17, 15) is 0 Å². The highest BCUT2D eigenvalue weighted by Gasteiger charge is 2.30. The number of methoxy groups -OCH3 is 1. The third-order valence-corrected chi connectivity index (χ3v) is 9.51. The molecule has 2 saturated heterocycles. The van der Waals surface area contributed by atoms with Crippen LogP contribution in [0.3, 0.4) is 0 Å². The number of thiocarbonyl (C=S) groups is 1. The molecule has 1 unspecified atom stereocenters. The molecule has 0 radical (unpaired) electrons. The summed E-state index contributed by atoms with van der Waals surface area (Å²) in [4.78, 5) is 17.4. The zero-order valence-corrected chi connectivity index (χ0v) is 26.6. The lowest BCUT2D eigenvalue weighted by molar-refractivity contribution is 0.187. The van der Waals surface area contributed by atoms with Crippen molar-refractivity contribution in [3.8, 4) is 6.01 Å². The molecule has 0 aliphatic carbocycles. The third-order valence-electron chi connectivity index (χ3n) is 9.25. The van der Waals surface area contributed by atoms with Crippen molar-refractivity contribution in [1.82, 2.24) is 25.5 Å². The number of fused-ring (bicyclic) bond motifs is 2. The Bertz CT molecular complexity index is 1420. The molecule has 0 saturated carbocycles. The first-order valence-electron chi connectivity index (χ1n) is 15.7. The van der Waals surface area contributed by atoms with E-state index in [-0.39, 0.29) is 0 Å².